The summed E-state index contributed by atoms with van der Waals surface area (Å²) in [6.45, 7) is 2.15. The second-order valence-corrected chi connectivity index (χ2v) is 3.52. The van der Waals surface area contributed by atoms with Crippen molar-refractivity contribution in [2.45, 2.75) is 32.2 Å². The molecular weight excluding hydrogens is 176 g/mol. The maximum absolute atomic E-state index is 9.50. The lowest BCUT2D eigenvalue weighted by atomic mass is 10.0. The summed E-state index contributed by atoms with van der Waals surface area (Å²) in [6.07, 6.45) is 6.79. The summed E-state index contributed by atoms with van der Waals surface area (Å²) >= 11 is 0. The predicted molar refractivity (Wildman–Crippen MR) is 56.1 cm³/mol. The highest BCUT2D eigenvalue weighted by atomic mass is 16.5. The molecule has 3 nitrogen and oxygen atoms in total. The number of rotatable bonds is 5. The van der Waals surface area contributed by atoms with Gasteiger partial charge in [0.05, 0.1) is 6.04 Å². The molecule has 1 atom stereocenters. The lowest BCUT2D eigenvalue weighted by Gasteiger charge is -2.22. The summed E-state index contributed by atoms with van der Waals surface area (Å²) < 4.78 is 0. The van der Waals surface area contributed by atoms with Gasteiger partial charge in [0.15, 0.2) is 0 Å². The van der Waals surface area contributed by atoms with Crippen LogP contribution in [0.25, 0.3) is 0 Å². The van der Waals surface area contributed by atoms with Crippen molar-refractivity contribution < 1.29 is 5.21 Å². The van der Waals surface area contributed by atoms with Crippen molar-refractivity contribution in [3.63, 3.8) is 0 Å². The topological polar surface area (TPSA) is 36.4 Å². The third-order valence-corrected chi connectivity index (χ3v) is 2.35. The largest absolute Gasteiger partial charge is 0.314 e. The van der Waals surface area contributed by atoms with Gasteiger partial charge in [-0.1, -0.05) is 25.8 Å². The first kappa shape index (κ1) is 11.1. The van der Waals surface area contributed by atoms with Crippen LogP contribution in [0.2, 0.25) is 0 Å². The Balaban J connectivity index is 2.68. The highest BCUT2D eigenvalue weighted by molar-refractivity contribution is 5.13. The molecule has 0 aliphatic heterocycles. The summed E-state index contributed by atoms with van der Waals surface area (Å²) in [5.74, 6) is 0. The van der Waals surface area contributed by atoms with Crippen molar-refractivity contribution in [1.29, 1.82) is 0 Å². The van der Waals surface area contributed by atoms with Gasteiger partial charge in [-0.05, 0) is 18.1 Å². The Labute approximate surface area is 85.3 Å². The number of hydrogen-bond acceptors (Lipinski definition) is 3. The summed E-state index contributed by atoms with van der Waals surface area (Å²) in [6, 6.07) is 3.97. The van der Waals surface area contributed by atoms with Crippen LogP contribution in [-0.2, 0) is 0 Å². The number of hydrogen-bond donors (Lipinski definition) is 1. The Morgan fingerprint density at radius 2 is 2.36 bits per heavy atom. The molecule has 1 aromatic rings. The van der Waals surface area contributed by atoms with E-state index in [1.165, 1.54) is 5.06 Å². The van der Waals surface area contributed by atoms with E-state index in [2.05, 4.69) is 11.9 Å². The van der Waals surface area contributed by atoms with E-state index in [1.54, 1.807) is 13.2 Å². The molecule has 0 aromatic carbocycles. The van der Waals surface area contributed by atoms with Gasteiger partial charge in [-0.2, -0.15) is 5.06 Å². The lowest BCUT2D eigenvalue weighted by Crippen LogP contribution is -2.20. The van der Waals surface area contributed by atoms with Gasteiger partial charge in [-0.3, -0.25) is 4.98 Å². The lowest BCUT2D eigenvalue weighted by molar-refractivity contribution is -0.107. The fourth-order valence-corrected chi connectivity index (χ4v) is 1.54. The van der Waals surface area contributed by atoms with Gasteiger partial charge in [0.25, 0.3) is 0 Å². The molecule has 0 amide bonds. The average molecular weight is 194 g/mol. The van der Waals surface area contributed by atoms with Crippen molar-refractivity contribution in [2.24, 2.45) is 0 Å². The monoisotopic (exact) mass is 194 g/mol. The maximum Gasteiger partial charge on any atom is 0.0611 e. The molecule has 0 bridgehead atoms. The Kier molecular flexibility index (Phi) is 4.56. The summed E-state index contributed by atoms with van der Waals surface area (Å²) in [5, 5.41) is 10.8. The highest BCUT2D eigenvalue weighted by Gasteiger charge is 2.14. The molecule has 1 rings (SSSR count). The molecule has 0 radical (unpaired) electrons. The van der Waals surface area contributed by atoms with Crippen LogP contribution in [0.5, 0.6) is 0 Å². The molecule has 1 heterocycles. The Hall–Kier alpha value is -0.930. The van der Waals surface area contributed by atoms with E-state index in [0.717, 1.165) is 24.8 Å². The van der Waals surface area contributed by atoms with Crippen molar-refractivity contribution in [2.75, 3.05) is 7.05 Å². The molecule has 14 heavy (non-hydrogen) atoms. The third-order valence-electron chi connectivity index (χ3n) is 2.35. The van der Waals surface area contributed by atoms with Crippen LogP contribution < -0.4 is 0 Å². The SMILES string of the molecule is CCCCC(c1cccnc1)N(C)O. The fraction of sp³-hybridized carbons (Fsp3) is 0.545. The minimum Gasteiger partial charge on any atom is -0.314 e. The van der Waals surface area contributed by atoms with Gasteiger partial charge < -0.3 is 5.21 Å². The first-order chi connectivity index (χ1) is 6.75. The predicted octanol–water partition coefficient (Wildman–Crippen LogP) is 2.63. The molecule has 3 heteroatoms. The first-order valence-corrected chi connectivity index (χ1v) is 5.07. The van der Waals surface area contributed by atoms with Gasteiger partial charge in [-0.15, -0.1) is 0 Å². The van der Waals surface area contributed by atoms with E-state index in [-0.39, 0.29) is 6.04 Å². The average Bonchev–Trinajstić information content (AvgIpc) is 2.19. The second kappa shape index (κ2) is 5.73. The van der Waals surface area contributed by atoms with Gasteiger partial charge >= 0.3 is 0 Å². The minimum atomic E-state index is 0.0728. The van der Waals surface area contributed by atoms with Gasteiger partial charge in [0, 0.05) is 19.4 Å². The molecule has 0 aliphatic carbocycles. The summed E-state index contributed by atoms with van der Waals surface area (Å²) in [7, 11) is 1.69. The molecule has 1 aromatic heterocycles. The number of aromatic nitrogens is 1. The zero-order valence-electron chi connectivity index (χ0n) is 8.85. The fourth-order valence-electron chi connectivity index (χ4n) is 1.54. The van der Waals surface area contributed by atoms with E-state index in [4.69, 9.17) is 0 Å². The Morgan fingerprint density at radius 1 is 1.57 bits per heavy atom. The van der Waals surface area contributed by atoms with E-state index in [0.29, 0.717) is 0 Å². The highest BCUT2D eigenvalue weighted by Crippen LogP contribution is 2.22. The Morgan fingerprint density at radius 3 is 2.86 bits per heavy atom. The van der Waals surface area contributed by atoms with E-state index in [9.17, 15) is 5.21 Å². The molecule has 0 saturated heterocycles. The third kappa shape index (κ3) is 3.09. The maximum atomic E-state index is 9.50. The van der Waals surface area contributed by atoms with Crippen molar-refractivity contribution in [3.05, 3.63) is 30.1 Å². The normalized spacial score (nSPS) is 13.1. The molecule has 0 spiro atoms. The molecule has 0 fully saturated rings. The zero-order valence-corrected chi connectivity index (χ0v) is 8.85. The van der Waals surface area contributed by atoms with Gasteiger partial charge in [0.2, 0.25) is 0 Å². The molecule has 1 N–H and O–H groups in total. The smallest absolute Gasteiger partial charge is 0.0611 e. The molecule has 1 unspecified atom stereocenters. The van der Waals surface area contributed by atoms with Crippen molar-refractivity contribution >= 4 is 0 Å². The Bertz CT molecular complexity index is 249. The quantitative estimate of drug-likeness (QED) is 0.732. The van der Waals surface area contributed by atoms with E-state index in [1.807, 2.05) is 18.3 Å². The molecular formula is C11H18N2O. The molecule has 0 saturated carbocycles. The zero-order chi connectivity index (χ0) is 10.4. The second-order valence-electron chi connectivity index (χ2n) is 3.52. The van der Waals surface area contributed by atoms with E-state index >= 15 is 0 Å². The van der Waals surface area contributed by atoms with Crippen LogP contribution in [0, 0.1) is 0 Å². The van der Waals surface area contributed by atoms with Gasteiger partial charge in [0.1, 0.15) is 0 Å². The number of pyridine rings is 1. The first-order valence-electron chi connectivity index (χ1n) is 5.07. The van der Waals surface area contributed by atoms with Crippen LogP contribution in [0.4, 0.5) is 0 Å². The van der Waals surface area contributed by atoms with Gasteiger partial charge in [-0.25, -0.2) is 0 Å². The van der Waals surface area contributed by atoms with Crippen LogP contribution in [0.1, 0.15) is 37.8 Å². The molecule has 0 aliphatic rings. The summed E-state index contributed by atoms with van der Waals surface area (Å²) in [5.41, 5.74) is 1.07. The summed E-state index contributed by atoms with van der Waals surface area (Å²) in [4.78, 5) is 4.06. The van der Waals surface area contributed by atoms with Crippen LogP contribution in [0.15, 0.2) is 24.5 Å². The van der Waals surface area contributed by atoms with Crippen LogP contribution in [-0.4, -0.2) is 22.3 Å². The number of hydroxylamine groups is 2. The molecule has 78 valence electrons. The van der Waals surface area contributed by atoms with Crippen molar-refractivity contribution in [1.82, 2.24) is 10.0 Å². The number of unbranched alkanes of at least 4 members (excludes halogenated alkanes) is 1. The van der Waals surface area contributed by atoms with Crippen LogP contribution >= 0.6 is 0 Å². The number of nitrogens with zero attached hydrogens (tertiary/aromatic N) is 2. The van der Waals surface area contributed by atoms with Crippen molar-refractivity contribution in [3.8, 4) is 0 Å². The van der Waals surface area contributed by atoms with E-state index < -0.39 is 0 Å². The minimum absolute atomic E-state index is 0.0728. The standard InChI is InChI=1S/C11H18N2O/c1-3-4-7-11(13(2)14)10-6-5-8-12-9-10/h5-6,8-9,11,14H,3-4,7H2,1-2H3. The van der Waals surface area contributed by atoms with Crippen LogP contribution in [0.3, 0.4) is 0 Å².